The molecule has 0 saturated heterocycles. The minimum atomic E-state index is -0.404. The molecule has 0 aromatic heterocycles. The third kappa shape index (κ3) is 4.11. The summed E-state index contributed by atoms with van der Waals surface area (Å²) in [4.78, 5) is 12.5. The summed E-state index contributed by atoms with van der Waals surface area (Å²) < 4.78 is 5.32. The van der Waals surface area contributed by atoms with Crippen LogP contribution in [-0.4, -0.2) is 24.7 Å². The lowest BCUT2D eigenvalue weighted by Gasteiger charge is -2.20. The number of carbonyl (C=O) groups excluding carboxylic acids is 1. The van der Waals surface area contributed by atoms with Gasteiger partial charge in [-0.1, -0.05) is 42.5 Å². The van der Waals surface area contributed by atoms with Crippen molar-refractivity contribution in [3.63, 3.8) is 0 Å². The van der Waals surface area contributed by atoms with E-state index in [0.29, 0.717) is 0 Å². The molecule has 2 aromatic rings. The standard InChI is InChI=1S/C19H23NO3/c1-13-9-10-16(11-18(13)23-3)14(2)19(22)20-17(12-21)15-7-5-4-6-8-15/h4-11,14,17,21H,12H2,1-3H3,(H,20,22)/t14-,17?/m0/s1. The molecular formula is C19H23NO3. The molecule has 0 aliphatic carbocycles. The first-order valence-corrected chi connectivity index (χ1v) is 7.67. The zero-order valence-corrected chi connectivity index (χ0v) is 13.7. The molecule has 0 saturated carbocycles. The molecule has 0 spiro atoms. The topological polar surface area (TPSA) is 58.6 Å². The summed E-state index contributed by atoms with van der Waals surface area (Å²) >= 11 is 0. The zero-order valence-electron chi connectivity index (χ0n) is 13.7. The van der Waals surface area contributed by atoms with E-state index < -0.39 is 6.04 Å². The Bertz CT molecular complexity index is 655. The highest BCUT2D eigenvalue weighted by atomic mass is 16.5. The van der Waals surface area contributed by atoms with E-state index in [1.807, 2.05) is 62.4 Å². The van der Waals surface area contributed by atoms with E-state index in [9.17, 15) is 9.90 Å². The largest absolute Gasteiger partial charge is 0.496 e. The third-order valence-corrected chi connectivity index (χ3v) is 4.03. The predicted molar refractivity (Wildman–Crippen MR) is 90.6 cm³/mol. The molecule has 0 heterocycles. The maximum absolute atomic E-state index is 12.5. The first-order valence-electron chi connectivity index (χ1n) is 7.67. The Labute approximate surface area is 137 Å². The summed E-state index contributed by atoms with van der Waals surface area (Å²) in [6.45, 7) is 3.67. The van der Waals surface area contributed by atoms with Crippen LogP contribution in [0, 0.1) is 6.92 Å². The molecule has 0 radical (unpaired) electrons. The van der Waals surface area contributed by atoms with E-state index in [1.54, 1.807) is 7.11 Å². The lowest BCUT2D eigenvalue weighted by Crippen LogP contribution is -2.33. The number of carbonyl (C=O) groups is 1. The minimum absolute atomic E-state index is 0.126. The number of rotatable bonds is 6. The molecule has 1 unspecified atom stereocenters. The van der Waals surface area contributed by atoms with Crippen molar-refractivity contribution in [2.24, 2.45) is 0 Å². The first kappa shape index (κ1) is 17.0. The molecule has 2 rings (SSSR count). The number of hydrogen-bond donors (Lipinski definition) is 2. The number of aliphatic hydroxyl groups excluding tert-OH is 1. The average molecular weight is 313 g/mol. The van der Waals surface area contributed by atoms with Gasteiger partial charge in [0, 0.05) is 0 Å². The zero-order chi connectivity index (χ0) is 16.8. The van der Waals surface area contributed by atoms with Crippen LogP contribution < -0.4 is 10.1 Å². The van der Waals surface area contributed by atoms with Crippen LogP contribution in [0.1, 0.15) is 35.6 Å². The van der Waals surface area contributed by atoms with Crippen LogP contribution in [0.25, 0.3) is 0 Å². The van der Waals surface area contributed by atoms with Gasteiger partial charge in [0.1, 0.15) is 5.75 Å². The summed E-state index contributed by atoms with van der Waals surface area (Å²) in [5.41, 5.74) is 2.80. The number of benzene rings is 2. The van der Waals surface area contributed by atoms with Crippen molar-refractivity contribution in [2.75, 3.05) is 13.7 Å². The maximum Gasteiger partial charge on any atom is 0.227 e. The van der Waals surface area contributed by atoms with Gasteiger partial charge in [-0.25, -0.2) is 0 Å². The van der Waals surface area contributed by atoms with Crippen molar-refractivity contribution in [1.82, 2.24) is 5.32 Å². The van der Waals surface area contributed by atoms with Gasteiger partial charge in [0.25, 0.3) is 0 Å². The van der Waals surface area contributed by atoms with Crippen LogP contribution in [0.4, 0.5) is 0 Å². The van der Waals surface area contributed by atoms with Gasteiger partial charge in [-0.3, -0.25) is 4.79 Å². The van der Waals surface area contributed by atoms with Gasteiger partial charge in [0.15, 0.2) is 0 Å². The van der Waals surface area contributed by atoms with Crippen LogP contribution in [0.15, 0.2) is 48.5 Å². The van der Waals surface area contributed by atoms with Crippen LogP contribution >= 0.6 is 0 Å². The van der Waals surface area contributed by atoms with Gasteiger partial charge < -0.3 is 15.2 Å². The predicted octanol–water partition coefficient (Wildman–Crippen LogP) is 2.96. The molecular weight excluding hydrogens is 290 g/mol. The highest BCUT2D eigenvalue weighted by molar-refractivity contribution is 5.83. The number of aliphatic hydroxyl groups is 1. The second-order valence-electron chi connectivity index (χ2n) is 5.61. The van der Waals surface area contributed by atoms with Crippen LogP contribution in [0.3, 0.4) is 0 Å². The van der Waals surface area contributed by atoms with Gasteiger partial charge in [-0.2, -0.15) is 0 Å². The molecule has 2 aromatic carbocycles. The second kappa shape index (κ2) is 7.79. The van der Waals surface area contributed by atoms with Crippen LogP contribution in [0.5, 0.6) is 5.75 Å². The fourth-order valence-electron chi connectivity index (χ4n) is 2.47. The molecule has 1 amide bonds. The summed E-state index contributed by atoms with van der Waals surface area (Å²) in [5, 5.41) is 12.5. The summed E-state index contributed by atoms with van der Waals surface area (Å²) in [5.74, 6) is 0.310. The number of ether oxygens (including phenoxy) is 1. The number of hydrogen-bond acceptors (Lipinski definition) is 3. The monoisotopic (exact) mass is 313 g/mol. The Morgan fingerprint density at radius 2 is 1.87 bits per heavy atom. The van der Waals surface area contributed by atoms with E-state index in [4.69, 9.17) is 4.74 Å². The summed E-state index contributed by atoms with van der Waals surface area (Å²) in [6, 6.07) is 14.8. The first-order chi connectivity index (χ1) is 11.1. The minimum Gasteiger partial charge on any atom is -0.496 e. The van der Waals surface area contributed by atoms with Gasteiger partial charge in [0.05, 0.1) is 25.7 Å². The van der Waals surface area contributed by atoms with E-state index in [-0.39, 0.29) is 18.4 Å². The number of nitrogens with one attached hydrogen (secondary N) is 1. The summed E-state index contributed by atoms with van der Waals surface area (Å²) in [7, 11) is 1.62. The van der Waals surface area contributed by atoms with Crippen molar-refractivity contribution in [2.45, 2.75) is 25.8 Å². The lowest BCUT2D eigenvalue weighted by molar-refractivity contribution is -0.123. The van der Waals surface area contributed by atoms with Gasteiger partial charge >= 0.3 is 0 Å². The molecule has 122 valence electrons. The number of aryl methyl sites for hydroxylation is 1. The fourth-order valence-corrected chi connectivity index (χ4v) is 2.47. The molecule has 4 nitrogen and oxygen atoms in total. The number of methoxy groups -OCH3 is 1. The fraction of sp³-hybridized carbons (Fsp3) is 0.316. The van der Waals surface area contributed by atoms with Gasteiger partial charge in [-0.05, 0) is 36.6 Å². The van der Waals surface area contributed by atoms with Crippen LogP contribution in [0.2, 0.25) is 0 Å². The Morgan fingerprint density at radius 3 is 2.48 bits per heavy atom. The third-order valence-electron chi connectivity index (χ3n) is 4.03. The highest BCUT2D eigenvalue weighted by Crippen LogP contribution is 2.25. The molecule has 0 bridgehead atoms. The summed E-state index contributed by atoms with van der Waals surface area (Å²) in [6.07, 6.45) is 0. The lowest BCUT2D eigenvalue weighted by atomic mass is 9.97. The van der Waals surface area contributed by atoms with E-state index >= 15 is 0 Å². The second-order valence-corrected chi connectivity index (χ2v) is 5.61. The van der Waals surface area contributed by atoms with Crippen molar-refractivity contribution in [1.29, 1.82) is 0 Å². The SMILES string of the molecule is COc1cc([C@H](C)C(=O)NC(CO)c2ccccc2)ccc1C. The van der Waals surface area contributed by atoms with E-state index in [0.717, 1.165) is 22.4 Å². The Hall–Kier alpha value is -2.33. The van der Waals surface area contributed by atoms with E-state index in [1.165, 1.54) is 0 Å². The number of amides is 1. The molecule has 0 aliphatic rings. The Morgan fingerprint density at radius 1 is 1.17 bits per heavy atom. The normalized spacial score (nSPS) is 13.2. The highest BCUT2D eigenvalue weighted by Gasteiger charge is 2.20. The Balaban J connectivity index is 2.13. The van der Waals surface area contributed by atoms with Crippen molar-refractivity contribution in [3.05, 3.63) is 65.2 Å². The van der Waals surface area contributed by atoms with Gasteiger partial charge in [-0.15, -0.1) is 0 Å². The molecule has 2 atom stereocenters. The molecule has 23 heavy (non-hydrogen) atoms. The molecule has 2 N–H and O–H groups in total. The maximum atomic E-state index is 12.5. The quantitative estimate of drug-likeness (QED) is 0.862. The Kier molecular flexibility index (Phi) is 5.77. The van der Waals surface area contributed by atoms with Crippen molar-refractivity contribution < 1.29 is 14.6 Å². The van der Waals surface area contributed by atoms with E-state index in [2.05, 4.69) is 5.32 Å². The van der Waals surface area contributed by atoms with Crippen molar-refractivity contribution >= 4 is 5.91 Å². The van der Waals surface area contributed by atoms with Gasteiger partial charge in [0.2, 0.25) is 5.91 Å². The molecule has 0 fully saturated rings. The molecule has 0 aliphatic heterocycles. The smallest absolute Gasteiger partial charge is 0.227 e. The van der Waals surface area contributed by atoms with Crippen molar-refractivity contribution in [3.8, 4) is 5.75 Å². The molecule has 4 heteroatoms. The average Bonchev–Trinajstić information content (AvgIpc) is 2.60. The van der Waals surface area contributed by atoms with Crippen LogP contribution in [-0.2, 0) is 4.79 Å².